The number of carbonyl (C=O) groups excluding carboxylic acids is 2. The minimum Gasteiger partial charge on any atom is -0.511 e. The van der Waals surface area contributed by atoms with Crippen molar-refractivity contribution in [3.8, 4) is 0 Å². The van der Waals surface area contributed by atoms with Crippen LogP contribution in [0.25, 0.3) is 0 Å². The summed E-state index contributed by atoms with van der Waals surface area (Å²) in [6, 6.07) is 3.53. The first-order valence-corrected chi connectivity index (χ1v) is 7.94. The van der Waals surface area contributed by atoms with Crippen molar-refractivity contribution < 1.29 is 19.1 Å². The normalized spacial score (nSPS) is 16.0. The van der Waals surface area contributed by atoms with Crippen LogP contribution in [0.2, 0.25) is 0 Å². The smallest absolute Gasteiger partial charge is 0.230 e. The standard InChI is InChI=1S/C15H18N2O4S/c1-16-15(14-11(18)5-2-6-12(14)19)22-9-13(20)17-8-10-4-3-7-21-10/h3-4,7,18H,2,5-6,8-9H2,1H3,(H,17,20). The zero-order chi connectivity index (χ0) is 15.9. The number of amides is 1. The van der Waals surface area contributed by atoms with Crippen molar-refractivity contribution in [2.75, 3.05) is 12.8 Å². The number of hydrogen-bond acceptors (Lipinski definition) is 6. The van der Waals surface area contributed by atoms with Gasteiger partial charge in [0.05, 0.1) is 24.1 Å². The van der Waals surface area contributed by atoms with Crippen molar-refractivity contribution in [3.05, 3.63) is 35.5 Å². The summed E-state index contributed by atoms with van der Waals surface area (Å²) in [6.45, 7) is 0.317. The number of furan rings is 1. The van der Waals surface area contributed by atoms with E-state index >= 15 is 0 Å². The molecule has 0 spiro atoms. The van der Waals surface area contributed by atoms with Gasteiger partial charge in [-0.3, -0.25) is 14.6 Å². The highest BCUT2D eigenvalue weighted by atomic mass is 32.2. The van der Waals surface area contributed by atoms with Crippen LogP contribution in [0.1, 0.15) is 25.0 Å². The zero-order valence-electron chi connectivity index (χ0n) is 12.3. The molecule has 1 aliphatic carbocycles. The van der Waals surface area contributed by atoms with E-state index in [0.717, 1.165) is 11.8 Å². The minimum atomic E-state index is -0.189. The Labute approximate surface area is 132 Å². The summed E-state index contributed by atoms with van der Waals surface area (Å²) in [6.07, 6.45) is 3.08. The third-order valence-corrected chi connectivity index (χ3v) is 4.25. The number of nitrogens with zero attached hydrogens (tertiary/aromatic N) is 1. The second-order valence-corrected chi connectivity index (χ2v) is 5.74. The summed E-state index contributed by atoms with van der Waals surface area (Å²) in [5.41, 5.74) is 0.262. The van der Waals surface area contributed by atoms with E-state index in [2.05, 4.69) is 10.3 Å². The van der Waals surface area contributed by atoms with Gasteiger partial charge in [-0.1, -0.05) is 11.8 Å². The predicted octanol–water partition coefficient (Wildman–Crippen LogP) is 2.22. The van der Waals surface area contributed by atoms with E-state index in [0.29, 0.717) is 36.6 Å². The van der Waals surface area contributed by atoms with E-state index in [4.69, 9.17) is 4.42 Å². The maximum atomic E-state index is 11.9. The highest BCUT2D eigenvalue weighted by Gasteiger charge is 2.25. The number of nitrogens with one attached hydrogen (secondary N) is 1. The van der Waals surface area contributed by atoms with Crippen molar-refractivity contribution >= 4 is 28.5 Å². The molecule has 0 saturated heterocycles. The molecule has 0 fully saturated rings. The fourth-order valence-corrected chi connectivity index (χ4v) is 2.98. The molecule has 118 valence electrons. The maximum absolute atomic E-state index is 11.9. The Bertz CT molecular complexity index is 605. The number of ketones is 1. The van der Waals surface area contributed by atoms with Crippen LogP contribution < -0.4 is 5.32 Å². The van der Waals surface area contributed by atoms with E-state index in [-0.39, 0.29) is 28.8 Å². The molecule has 1 aromatic heterocycles. The second-order valence-electron chi connectivity index (χ2n) is 4.77. The summed E-state index contributed by atoms with van der Waals surface area (Å²) in [5.74, 6) is 0.557. The number of hydrogen-bond donors (Lipinski definition) is 2. The van der Waals surface area contributed by atoms with Crippen molar-refractivity contribution in [3.63, 3.8) is 0 Å². The Morgan fingerprint density at radius 3 is 2.95 bits per heavy atom. The number of allylic oxidation sites excluding steroid dienone is 1. The monoisotopic (exact) mass is 322 g/mol. The molecule has 0 aromatic carbocycles. The van der Waals surface area contributed by atoms with Gasteiger partial charge in [-0.05, 0) is 18.6 Å². The highest BCUT2D eigenvalue weighted by molar-refractivity contribution is 8.15. The summed E-state index contributed by atoms with van der Waals surface area (Å²) in [7, 11) is 1.55. The fraction of sp³-hybridized carbons (Fsp3) is 0.400. The van der Waals surface area contributed by atoms with Crippen molar-refractivity contribution in [2.24, 2.45) is 4.99 Å². The second kappa shape index (κ2) is 7.84. The molecule has 1 aliphatic rings. The Morgan fingerprint density at radius 1 is 1.50 bits per heavy atom. The lowest BCUT2D eigenvalue weighted by molar-refractivity contribution is -0.119. The molecule has 0 radical (unpaired) electrons. The van der Waals surface area contributed by atoms with Gasteiger partial charge in [-0.2, -0.15) is 0 Å². The molecule has 1 aromatic rings. The van der Waals surface area contributed by atoms with Crippen molar-refractivity contribution in [1.82, 2.24) is 5.32 Å². The van der Waals surface area contributed by atoms with E-state index in [1.807, 2.05) is 0 Å². The maximum Gasteiger partial charge on any atom is 0.230 e. The van der Waals surface area contributed by atoms with E-state index in [9.17, 15) is 14.7 Å². The first kappa shape index (κ1) is 16.4. The Balaban J connectivity index is 1.88. The number of aliphatic imine (C=N–C) groups is 1. The van der Waals surface area contributed by atoms with Crippen LogP contribution >= 0.6 is 11.8 Å². The molecule has 0 aliphatic heterocycles. The average Bonchev–Trinajstić information content (AvgIpc) is 3.01. The number of thioether (sulfide) groups is 1. The van der Waals surface area contributed by atoms with Crippen LogP contribution in [0.3, 0.4) is 0 Å². The first-order chi connectivity index (χ1) is 10.6. The molecule has 2 rings (SSSR count). The molecule has 6 nitrogen and oxygen atoms in total. The van der Waals surface area contributed by atoms with Crippen LogP contribution in [0.5, 0.6) is 0 Å². The number of rotatable bonds is 5. The van der Waals surface area contributed by atoms with Gasteiger partial charge in [0.2, 0.25) is 5.91 Å². The van der Waals surface area contributed by atoms with E-state index < -0.39 is 0 Å². The van der Waals surface area contributed by atoms with Crippen LogP contribution in [0.4, 0.5) is 0 Å². The molecule has 0 unspecified atom stereocenters. The lowest BCUT2D eigenvalue weighted by Crippen LogP contribution is -2.26. The van der Waals surface area contributed by atoms with Crippen LogP contribution in [0.15, 0.2) is 39.1 Å². The van der Waals surface area contributed by atoms with Crippen molar-refractivity contribution in [2.45, 2.75) is 25.8 Å². The minimum absolute atomic E-state index is 0.0698. The molecular formula is C15H18N2O4S. The highest BCUT2D eigenvalue weighted by Crippen LogP contribution is 2.25. The Morgan fingerprint density at radius 2 is 2.32 bits per heavy atom. The number of aliphatic hydroxyl groups is 1. The van der Waals surface area contributed by atoms with Gasteiger partial charge in [0.15, 0.2) is 5.78 Å². The van der Waals surface area contributed by atoms with Gasteiger partial charge >= 0.3 is 0 Å². The quantitative estimate of drug-likeness (QED) is 0.640. The van der Waals surface area contributed by atoms with Gasteiger partial charge in [-0.25, -0.2) is 0 Å². The predicted molar refractivity (Wildman–Crippen MR) is 84.9 cm³/mol. The summed E-state index contributed by atoms with van der Waals surface area (Å²) >= 11 is 1.15. The SMILES string of the molecule is CN=C(SCC(=O)NCc1ccco1)C1=C(O)CCCC1=O. The fourth-order valence-electron chi connectivity index (χ4n) is 2.10. The molecule has 0 bridgehead atoms. The average molecular weight is 322 g/mol. The van der Waals surface area contributed by atoms with Crippen molar-refractivity contribution in [1.29, 1.82) is 0 Å². The van der Waals surface area contributed by atoms with Gasteiger partial charge < -0.3 is 14.8 Å². The molecule has 0 atom stereocenters. The van der Waals surface area contributed by atoms with Gasteiger partial charge in [0.1, 0.15) is 16.6 Å². The van der Waals surface area contributed by atoms with Gasteiger partial charge in [-0.15, -0.1) is 0 Å². The first-order valence-electron chi connectivity index (χ1n) is 6.96. The zero-order valence-corrected chi connectivity index (χ0v) is 13.1. The number of carbonyl (C=O) groups is 2. The Hall–Kier alpha value is -2.02. The molecule has 7 heteroatoms. The Kier molecular flexibility index (Phi) is 5.83. The van der Waals surface area contributed by atoms with Crippen LogP contribution in [-0.2, 0) is 16.1 Å². The molecule has 22 heavy (non-hydrogen) atoms. The largest absolute Gasteiger partial charge is 0.511 e. The van der Waals surface area contributed by atoms with E-state index in [1.165, 1.54) is 0 Å². The van der Waals surface area contributed by atoms with E-state index in [1.54, 1.807) is 25.4 Å². The van der Waals surface area contributed by atoms with Gasteiger partial charge in [0, 0.05) is 19.9 Å². The van der Waals surface area contributed by atoms with Crippen LogP contribution in [-0.4, -0.2) is 34.6 Å². The summed E-state index contributed by atoms with van der Waals surface area (Å²) in [5, 5.41) is 13.0. The van der Waals surface area contributed by atoms with Crippen LogP contribution in [0, 0.1) is 0 Å². The number of Topliss-reactive ketones (excluding diaryl/α,β-unsaturated/α-hetero) is 1. The molecule has 2 N–H and O–H groups in total. The lowest BCUT2D eigenvalue weighted by Gasteiger charge is -2.16. The lowest BCUT2D eigenvalue weighted by atomic mass is 9.97. The third kappa shape index (κ3) is 4.24. The topological polar surface area (TPSA) is 91.9 Å². The molecule has 1 amide bonds. The summed E-state index contributed by atoms with van der Waals surface area (Å²) in [4.78, 5) is 27.8. The van der Waals surface area contributed by atoms with Gasteiger partial charge in [0.25, 0.3) is 0 Å². The third-order valence-electron chi connectivity index (χ3n) is 3.18. The number of aliphatic hydroxyl groups excluding tert-OH is 1. The molecule has 1 heterocycles. The molecule has 0 saturated carbocycles. The summed E-state index contributed by atoms with van der Waals surface area (Å²) < 4.78 is 5.12. The molecular weight excluding hydrogens is 304 g/mol.